The summed E-state index contributed by atoms with van der Waals surface area (Å²) in [6, 6.07) is 0. The molecule has 2 nitrogen and oxygen atoms in total. The van der Waals surface area contributed by atoms with Crippen LogP contribution in [-0.2, 0) is 0 Å². The lowest BCUT2D eigenvalue weighted by Crippen LogP contribution is -1.86. The van der Waals surface area contributed by atoms with Gasteiger partial charge in [0.15, 0.2) is 0 Å². The Kier molecular flexibility index (Phi) is 8.54. The highest BCUT2D eigenvalue weighted by atomic mass is 14.8. The van der Waals surface area contributed by atoms with E-state index in [1.165, 1.54) is 33.8 Å². The minimum Gasteiger partial charge on any atom is -0.285 e. The molecule has 0 amide bonds. The topological polar surface area (TPSA) is 24.7 Å². The fourth-order valence-corrected chi connectivity index (χ4v) is 1.72. The second kappa shape index (κ2) is 8.02. The van der Waals surface area contributed by atoms with E-state index in [0.29, 0.717) is 0 Å². The maximum Gasteiger partial charge on any atom is 0.0606 e. The average Bonchev–Trinajstić information content (AvgIpc) is 2.65. The maximum absolute atomic E-state index is 4.27. The lowest BCUT2D eigenvalue weighted by Gasteiger charge is -1.90. The number of nitrogens with zero attached hydrogens (tertiary/aromatic N) is 2. The van der Waals surface area contributed by atoms with E-state index in [1.807, 2.05) is 0 Å². The highest BCUT2D eigenvalue weighted by molar-refractivity contribution is 6.00. The Hall–Kier alpha value is -1.18. The van der Waals surface area contributed by atoms with Gasteiger partial charge in [-0.05, 0) is 58.3 Å². The lowest BCUT2D eigenvalue weighted by atomic mass is 10.1. The van der Waals surface area contributed by atoms with E-state index in [9.17, 15) is 0 Å². The first-order valence-electron chi connectivity index (χ1n) is 5.80. The number of hydrogen-bond acceptors (Lipinski definition) is 2. The minimum atomic E-state index is 0. The molecule has 0 bridgehead atoms. The van der Waals surface area contributed by atoms with Crippen LogP contribution in [0.25, 0.3) is 0 Å². The van der Waals surface area contributed by atoms with Crippen molar-refractivity contribution in [3.63, 3.8) is 0 Å². The van der Waals surface area contributed by atoms with Crippen molar-refractivity contribution in [2.75, 3.05) is 6.54 Å². The van der Waals surface area contributed by atoms with E-state index in [0.717, 1.165) is 13.0 Å². The summed E-state index contributed by atoms with van der Waals surface area (Å²) in [5.41, 5.74) is 7.89. The predicted octanol–water partition coefficient (Wildman–Crippen LogP) is 5.21. The van der Waals surface area contributed by atoms with Gasteiger partial charge in [-0.15, -0.1) is 0 Å². The third-order valence-corrected chi connectivity index (χ3v) is 3.23. The van der Waals surface area contributed by atoms with Crippen molar-refractivity contribution < 1.29 is 0 Å². The molecule has 0 fully saturated rings. The van der Waals surface area contributed by atoms with E-state index in [2.05, 4.69) is 51.5 Å². The monoisotopic (exact) mass is 250 g/mol. The van der Waals surface area contributed by atoms with E-state index in [-0.39, 0.29) is 14.9 Å². The van der Waals surface area contributed by atoms with Crippen molar-refractivity contribution in [2.24, 2.45) is 9.98 Å². The smallest absolute Gasteiger partial charge is 0.0606 e. The highest BCUT2D eigenvalue weighted by Crippen LogP contribution is 2.17. The van der Waals surface area contributed by atoms with Crippen molar-refractivity contribution in [2.45, 2.75) is 62.8 Å². The predicted molar refractivity (Wildman–Crippen MR) is 85.9 cm³/mol. The van der Waals surface area contributed by atoms with Crippen molar-refractivity contribution >= 4 is 11.4 Å². The second-order valence-electron chi connectivity index (χ2n) is 4.70. The molecule has 104 valence electrons. The standard InChI is InChI=1S/2C7H11N.2CH4/c1-5-4-8-7(3)6(5)2;1-5-4-6(2)8-7(5)3;;/h2*4H2,1-3H3;2*1H4. The molecule has 0 aromatic rings. The molecule has 0 aromatic carbocycles. The van der Waals surface area contributed by atoms with Crippen LogP contribution in [0.1, 0.15) is 62.8 Å². The Morgan fingerprint density at radius 3 is 1.50 bits per heavy atom. The lowest BCUT2D eigenvalue weighted by molar-refractivity contribution is 1.16. The molecular formula is C16H30N2. The molecule has 0 atom stereocenters. The third-order valence-electron chi connectivity index (χ3n) is 3.23. The number of aliphatic imine (C=N–C) groups is 2. The van der Waals surface area contributed by atoms with Gasteiger partial charge in [0.2, 0.25) is 0 Å². The van der Waals surface area contributed by atoms with Gasteiger partial charge in [0.05, 0.1) is 6.54 Å². The molecule has 0 unspecified atom stereocenters. The van der Waals surface area contributed by atoms with Crippen LogP contribution in [0.3, 0.4) is 0 Å². The molecule has 2 aliphatic rings. The first-order valence-corrected chi connectivity index (χ1v) is 5.80. The molecule has 0 saturated heterocycles. The Balaban J connectivity index is 0. The van der Waals surface area contributed by atoms with Gasteiger partial charge in [0.25, 0.3) is 0 Å². The van der Waals surface area contributed by atoms with Crippen LogP contribution >= 0.6 is 0 Å². The Morgan fingerprint density at radius 2 is 1.39 bits per heavy atom. The molecule has 0 aromatic heterocycles. The normalized spacial score (nSPS) is 17.4. The summed E-state index contributed by atoms with van der Waals surface area (Å²) in [5.74, 6) is 0. The van der Waals surface area contributed by atoms with Crippen LogP contribution < -0.4 is 0 Å². The zero-order chi connectivity index (χ0) is 12.3. The minimum absolute atomic E-state index is 0. The molecule has 2 heteroatoms. The molecule has 2 heterocycles. The van der Waals surface area contributed by atoms with Crippen molar-refractivity contribution in [3.05, 3.63) is 22.4 Å². The van der Waals surface area contributed by atoms with Crippen LogP contribution in [0.2, 0.25) is 0 Å². The molecule has 2 aliphatic heterocycles. The van der Waals surface area contributed by atoms with Gasteiger partial charge in [-0.1, -0.05) is 14.9 Å². The van der Waals surface area contributed by atoms with Crippen LogP contribution in [0, 0.1) is 0 Å². The molecular weight excluding hydrogens is 220 g/mol. The van der Waals surface area contributed by atoms with Crippen LogP contribution in [0.5, 0.6) is 0 Å². The Labute approximate surface area is 114 Å². The second-order valence-corrected chi connectivity index (χ2v) is 4.70. The number of hydrogen-bond donors (Lipinski definition) is 0. The van der Waals surface area contributed by atoms with Gasteiger partial charge in [0.1, 0.15) is 0 Å². The van der Waals surface area contributed by atoms with Gasteiger partial charge in [-0.3, -0.25) is 9.98 Å². The van der Waals surface area contributed by atoms with Gasteiger partial charge in [-0.2, -0.15) is 0 Å². The van der Waals surface area contributed by atoms with Gasteiger partial charge < -0.3 is 0 Å². The third kappa shape index (κ3) is 4.99. The summed E-state index contributed by atoms with van der Waals surface area (Å²) in [5, 5.41) is 0. The van der Waals surface area contributed by atoms with Gasteiger partial charge >= 0.3 is 0 Å². The summed E-state index contributed by atoms with van der Waals surface area (Å²) in [7, 11) is 0. The van der Waals surface area contributed by atoms with Crippen molar-refractivity contribution in [3.8, 4) is 0 Å². The quantitative estimate of drug-likeness (QED) is 0.563. The van der Waals surface area contributed by atoms with Gasteiger partial charge in [0, 0.05) is 23.5 Å². The molecule has 0 spiro atoms. The molecule has 0 N–H and O–H groups in total. The first-order chi connectivity index (χ1) is 7.41. The Morgan fingerprint density at radius 1 is 0.833 bits per heavy atom. The zero-order valence-corrected chi connectivity index (χ0v) is 11.3. The average molecular weight is 250 g/mol. The van der Waals surface area contributed by atoms with Crippen LogP contribution in [0.15, 0.2) is 32.4 Å². The first kappa shape index (κ1) is 19.2. The molecule has 0 aliphatic carbocycles. The molecule has 18 heavy (non-hydrogen) atoms. The van der Waals surface area contributed by atoms with E-state index in [1.54, 1.807) is 0 Å². The van der Waals surface area contributed by atoms with E-state index in [4.69, 9.17) is 0 Å². The molecule has 0 radical (unpaired) electrons. The van der Waals surface area contributed by atoms with Crippen LogP contribution in [0.4, 0.5) is 0 Å². The SMILES string of the molecule is C.C.CC1=NC(C)=C(C)C1.CC1=NCC(C)=C1C. The fraction of sp³-hybridized carbons (Fsp3) is 0.625. The van der Waals surface area contributed by atoms with Crippen molar-refractivity contribution in [1.82, 2.24) is 0 Å². The zero-order valence-electron chi connectivity index (χ0n) is 11.3. The summed E-state index contributed by atoms with van der Waals surface area (Å²) in [4.78, 5) is 8.51. The summed E-state index contributed by atoms with van der Waals surface area (Å²) in [6.07, 6.45) is 1.09. The van der Waals surface area contributed by atoms with Gasteiger partial charge in [-0.25, -0.2) is 0 Å². The molecule has 0 saturated carbocycles. The summed E-state index contributed by atoms with van der Waals surface area (Å²) >= 11 is 0. The number of allylic oxidation sites excluding steroid dienone is 3. The highest BCUT2D eigenvalue weighted by Gasteiger charge is 2.05. The van der Waals surface area contributed by atoms with E-state index >= 15 is 0 Å². The van der Waals surface area contributed by atoms with Crippen molar-refractivity contribution in [1.29, 1.82) is 0 Å². The molecule has 2 rings (SSSR count). The summed E-state index contributed by atoms with van der Waals surface area (Å²) in [6.45, 7) is 13.5. The largest absolute Gasteiger partial charge is 0.285 e. The van der Waals surface area contributed by atoms with Crippen LogP contribution in [-0.4, -0.2) is 18.0 Å². The van der Waals surface area contributed by atoms with E-state index < -0.39 is 0 Å². The fourth-order valence-electron chi connectivity index (χ4n) is 1.72. The Bertz CT molecular complexity index is 401. The maximum atomic E-state index is 4.27. The summed E-state index contributed by atoms with van der Waals surface area (Å²) < 4.78 is 0. The number of rotatable bonds is 0.